The summed E-state index contributed by atoms with van der Waals surface area (Å²) in [4.78, 5) is 19.2. The molecule has 2 heterocycles. The number of aromatic amines is 1. The largest absolute Gasteiger partial charge is 0.453 e. The van der Waals surface area contributed by atoms with Gasteiger partial charge in [-0.15, -0.1) is 0 Å². The Morgan fingerprint density at radius 3 is 3.00 bits per heavy atom. The quantitative estimate of drug-likeness (QED) is 0.561. The lowest BCUT2D eigenvalue weighted by Crippen LogP contribution is -2.24. The summed E-state index contributed by atoms with van der Waals surface area (Å²) in [6.07, 6.45) is 4.82. The average Bonchev–Trinajstić information content (AvgIpc) is 3.13. The zero-order valence-corrected chi connectivity index (χ0v) is 14.8. The van der Waals surface area contributed by atoms with Gasteiger partial charge in [0.15, 0.2) is 0 Å². The number of H-pyrrole nitrogens is 1. The molecule has 6 N–H and O–H groups in total. The van der Waals surface area contributed by atoms with Gasteiger partial charge in [0.05, 0.1) is 31.6 Å². The maximum Gasteiger partial charge on any atom is 0.411 e. The predicted octanol–water partition coefficient (Wildman–Crippen LogP) is 2.60. The molecule has 0 saturated carbocycles. The lowest BCUT2D eigenvalue weighted by atomic mass is 10.0. The van der Waals surface area contributed by atoms with E-state index in [0.717, 1.165) is 48.5 Å². The van der Waals surface area contributed by atoms with Crippen molar-refractivity contribution in [1.29, 1.82) is 0 Å². The van der Waals surface area contributed by atoms with Crippen LogP contribution in [0.1, 0.15) is 37.5 Å². The van der Waals surface area contributed by atoms with E-state index < -0.39 is 6.09 Å². The van der Waals surface area contributed by atoms with Gasteiger partial charge in [0.1, 0.15) is 5.82 Å². The number of carbonyl (C=O) groups excluding carboxylic acids is 1. The number of benzene rings is 1. The van der Waals surface area contributed by atoms with Gasteiger partial charge in [-0.25, -0.2) is 9.78 Å². The number of anilines is 2. The number of fused-ring (bicyclic) bond motifs is 4. The maximum absolute atomic E-state index is 11.5. The Balaban J connectivity index is 2.00. The molecule has 0 saturated heterocycles. The van der Waals surface area contributed by atoms with Crippen LogP contribution in [0.25, 0.3) is 11.3 Å². The molecule has 2 aromatic rings. The molecule has 0 unspecified atom stereocenters. The Labute approximate surface area is 152 Å². The number of amides is 1. The van der Waals surface area contributed by atoms with Crippen LogP contribution in [-0.4, -0.2) is 40.9 Å². The molecular formula is C18H25N5O3. The number of hydrogen-bond donors (Lipinski definition) is 5. The summed E-state index contributed by atoms with van der Waals surface area (Å²) in [5.41, 5.74) is 9.35. The first-order chi connectivity index (χ1) is 12.6. The van der Waals surface area contributed by atoms with E-state index in [9.17, 15) is 9.90 Å². The molecule has 0 aliphatic carbocycles. The van der Waals surface area contributed by atoms with Crippen molar-refractivity contribution in [3.63, 3.8) is 0 Å². The van der Waals surface area contributed by atoms with Crippen LogP contribution in [0.4, 0.5) is 16.2 Å². The van der Waals surface area contributed by atoms with Gasteiger partial charge >= 0.3 is 6.09 Å². The second-order valence-electron chi connectivity index (χ2n) is 6.47. The molecule has 3 rings (SSSR count). The van der Waals surface area contributed by atoms with E-state index in [1.54, 1.807) is 12.3 Å². The second kappa shape index (κ2) is 8.20. The van der Waals surface area contributed by atoms with E-state index in [1.165, 1.54) is 7.11 Å². The topological polar surface area (TPSA) is 125 Å². The highest BCUT2D eigenvalue weighted by atomic mass is 16.5. The first-order valence-electron chi connectivity index (χ1n) is 8.78. The fourth-order valence-electron chi connectivity index (χ4n) is 3.13. The molecule has 1 aromatic heterocycles. The number of nitrogens with two attached hydrogens (primary N) is 1. The van der Waals surface area contributed by atoms with Crippen LogP contribution >= 0.6 is 0 Å². The van der Waals surface area contributed by atoms with Crippen LogP contribution in [0.15, 0.2) is 24.4 Å². The van der Waals surface area contributed by atoms with Crippen LogP contribution in [0.2, 0.25) is 0 Å². The number of hydrogen-bond acceptors (Lipinski definition) is 6. The van der Waals surface area contributed by atoms with E-state index >= 15 is 0 Å². The monoisotopic (exact) mass is 359 g/mol. The van der Waals surface area contributed by atoms with Gasteiger partial charge in [-0.05, 0) is 31.0 Å². The molecule has 0 fully saturated rings. The van der Waals surface area contributed by atoms with E-state index in [1.807, 2.05) is 12.1 Å². The van der Waals surface area contributed by atoms with Gasteiger partial charge in [-0.3, -0.25) is 5.32 Å². The van der Waals surface area contributed by atoms with Crippen LogP contribution < -0.4 is 16.4 Å². The lowest BCUT2D eigenvalue weighted by Gasteiger charge is -2.21. The molecule has 2 bridgehead atoms. The summed E-state index contributed by atoms with van der Waals surface area (Å²) in [7, 11) is 1.32. The van der Waals surface area contributed by atoms with Crippen LogP contribution in [0.3, 0.4) is 0 Å². The van der Waals surface area contributed by atoms with E-state index in [-0.39, 0.29) is 18.7 Å². The van der Waals surface area contributed by atoms with Crippen molar-refractivity contribution in [2.24, 2.45) is 5.73 Å². The fourth-order valence-corrected chi connectivity index (χ4v) is 3.13. The molecule has 2 atom stereocenters. The summed E-state index contributed by atoms with van der Waals surface area (Å²) >= 11 is 0. The van der Waals surface area contributed by atoms with E-state index in [4.69, 9.17) is 5.73 Å². The summed E-state index contributed by atoms with van der Waals surface area (Å²) in [6, 6.07) is 5.28. The second-order valence-corrected chi connectivity index (χ2v) is 6.47. The number of nitrogens with zero attached hydrogens (tertiary/aromatic N) is 1. The number of methoxy groups -OCH3 is 1. The van der Waals surface area contributed by atoms with Crippen LogP contribution in [0, 0.1) is 0 Å². The number of carbonyl (C=O) groups is 1. The molecule has 1 aliphatic heterocycles. The SMILES string of the molecule is COC(=O)Nc1ccc2c(c1)N[C@@H](CO)CCCC[C@H](N)c1ncc-2[nH]1. The molecule has 8 nitrogen and oxygen atoms in total. The van der Waals surface area contributed by atoms with Gasteiger partial charge in [0, 0.05) is 23.0 Å². The van der Waals surface area contributed by atoms with Crippen molar-refractivity contribution in [2.75, 3.05) is 24.4 Å². The number of aliphatic hydroxyl groups is 1. The fraction of sp³-hybridized carbons (Fsp3) is 0.444. The number of nitrogens with one attached hydrogen (secondary N) is 3. The molecular weight excluding hydrogens is 334 g/mol. The number of ether oxygens (including phenoxy) is 1. The van der Waals surface area contributed by atoms with Gasteiger partial charge in [-0.1, -0.05) is 12.8 Å². The zero-order valence-electron chi connectivity index (χ0n) is 14.8. The first-order valence-corrected chi connectivity index (χ1v) is 8.78. The number of aromatic nitrogens is 2. The van der Waals surface area contributed by atoms with Gasteiger partial charge in [-0.2, -0.15) is 0 Å². The molecule has 1 amide bonds. The number of aliphatic hydroxyl groups excluding tert-OH is 1. The third-order valence-electron chi connectivity index (χ3n) is 4.59. The molecule has 1 aromatic carbocycles. The van der Waals surface area contributed by atoms with Crippen molar-refractivity contribution in [2.45, 2.75) is 37.8 Å². The average molecular weight is 359 g/mol. The van der Waals surface area contributed by atoms with Crippen LogP contribution in [0.5, 0.6) is 0 Å². The Morgan fingerprint density at radius 1 is 1.42 bits per heavy atom. The Hall–Kier alpha value is -2.58. The highest BCUT2D eigenvalue weighted by Gasteiger charge is 2.18. The molecule has 8 heteroatoms. The normalized spacial score (nSPS) is 20.1. The summed E-state index contributed by atoms with van der Waals surface area (Å²) in [5, 5.41) is 15.8. The van der Waals surface area contributed by atoms with Crippen LogP contribution in [-0.2, 0) is 4.74 Å². The lowest BCUT2D eigenvalue weighted by molar-refractivity contribution is 0.187. The smallest absolute Gasteiger partial charge is 0.411 e. The molecule has 0 radical (unpaired) electrons. The number of imidazole rings is 1. The molecule has 140 valence electrons. The van der Waals surface area contributed by atoms with Gasteiger partial charge < -0.3 is 25.9 Å². The summed E-state index contributed by atoms with van der Waals surface area (Å²) < 4.78 is 4.65. The Kier molecular flexibility index (Phi) is 5.75. The number of rotatable bonds is 2. The summed E-state index contributed by atoms with van der Waals surface area (Å²) in [6.45, 7) is 0.0222. The maximum atomic E-state index is 11.5. The van der Waals surface area contributed by atoms with Crippen molar-refractivity contribution < 1.29 is 14.6 Å². The predicted molar refractivity (Wildman–Crippen MR) is 99.9 cm³/mol. The third-order valence-corrected chi connectivity index (χ3v) is 4.59. The minimum Gasteiger partial charge on any atom is -0.453 e. The Bertz CT molecular complexity index is 761. The first kappa shape index (κ1) is 18.2. The van der Waals surface area contributed by atoms with Crippen molar-refractivity contribution in [3.05, 3.63) is 30.2 Å². The van der Waals surface area contributed by atoms with Crippen molar-refractivity contribution >= 4 is 17.5 Å². The van der Waals surface area contributed by atoms with E-state index in [0.29, 0.717) is 5.69 Å². The van der Waals surface area contributed by atoms with Crippen molar-refractivity contribution in [1.82, 2.24) is 9.97 Å². The highest BCUT2D eigenvalue weighted by Crippen LogP contribution is 2.32. The van der Waals surface area contributed by atoms with Crippen molar-refractivity contribution in [3.8, 4) is 11.3 Å². The van der Waals surface area contributed by atoms with Gasteiger partial charge in [0.25, 0.3) is 0 Å². The molecule has 26 heavy (non-hydrogen) atoms. The minimum atomic E-state index is -0.536. The van der Waals surface area contributed by atoms with E-state index in [2.05, 4.69) is 25.3 Å². The summed E-state index contributed by atoms with van der Waals surface area (Å²) in [5.74, 6) is 0.766. The standard InChI is InChI=1S/C18H25N5O3/c1-26-18(25)22-11-6-7-13-15(8-11)21-12(10-24)4-2-3-5-14(19)17-20-9-16(13)23-17/h6-9,12,14,21,24H,2-5,10,19H2,1H3,(H,20,23)(H,22,25)/t12-,14+/m1/s1. The third kappa shape index (κ3) is 4.14. The molecule has 1 aliphatic rings. The van der Waals surface area contributed by atoms with Gasteiger partial charge in [0.2, 0.25) is 0 Å². The minimum absolute atomic E-state index is 0.0222. The molecule has 0 spiro atoms. The highest BCUT2D eigenvalue weighted by molar-refractivity contribution is 5.88. The Morgan fingerprint density at radius 2 is 2.23 bits per heavy atom. The zero-order chi connectivity index (χ0) is 18.5.